The summed E-state index contributed by atoms with van der Waals surface area (Å²) < 4.78 is 0. The van der Waals surface area contributed by atoms with Gasteiger partial charge < -0.3 is 5.11 Å². The Labute approximate surface area is 148 Å². The number of halogens is 1. The minimum atomic E-state index is 0.532. The smallest absolute Gasteiger partial charge is 0.121 e. The molecule has 2 heteroatoms. The molecule has 1 aromatic rings. The van der Waals surface area contributed by atoms with Crippen LogP contribution < -0.4 is 0 Å². The van der Waals surface area contributed by atoms with E-state index in [2.05, 4.69) is 26.0 Å². The Bertz CT molecular complexity index is 393. The zero-order valence-electron chi connectivity index (χ0n) is 15.2. The summed E-state index contributed by atoms with van der Waals surface area (Å²) in [5.41, 5.74) is 3.35. The Morgan fingerprint density at radius 1 is 0.739 bits per heavy atom. The van der Waals surface area contributed by atoms with Gasteiger partial charge in [0.1, 0.15) is 5.75 Å². The first kappa shape index (κ1) is 20.4. The molecule has 0 saturated carbocycles. The number of hydrogen-bond acceptors (Lipinski definition) is 1. The number of benzene rings is 1. The van der Waals surface area contributed by atoms with Gasteiger partial charge in [-0.3, -0.25) is 0 Å². The van der Waals surface area contributed by atoms with Gasteiger partial charge in [0.25, 0.3) is 0 Å². The number of phenols is 1. The van der Waals surface area contributed by atoms with Gasteiger partial charge in [0, 0.05) is 5.88 Å². The number of alkyl halides is 1. The number of unbranched alkanes of at least 4 members (excludes halogenated alkanes) is 8. The van der Waals surface area contributed by atoms with E-state index in [1.165, 1.54) is 51.4 Å². The van der Waals surface area contributed by atoms with Crippen LogP contribution in [-0.2, 0) is 18.7 Å². The normalized spacial score (nSPS) is 11.1. The van der Waals surface area contributed by atoms with Crippen molar-refractivity contribution in [3.05, 3.63) is 28.8 Å². The minimum absolute atomic E-state index is 0.532. The Hall–Kier alpha value is -0.690. The zero-order valence-corrected chi connectivity index (χ0v) is 15.9. The van der Waals surface area contributed by atoms with Crippen molar-refractivity contribution >= 4 is 11.6 Å². The van der Waals surface area contributed by atoms with Crippen LogP contribution >= 0.6 is 11.6 Å². The topological polar surface area (TPSA) is 20.2 Å². The van der Waals surface area contributed by atoms with Crippen molar-refractivity contribution in [2.75, 3.05) is 0 Å². The van der Waals surface area contributed by atoms with Crippen LogP contribution in [0.15, 0.2) is 12.1 Å². The van der Waals surface area contributed by atoms with Crippen molar-refractivity contribution in [3.8, 4) is 5.75 Å². The van der Waals surface area contributed by atoms with Gasteiger partial charge in [-0.05, 0) is 42.4 Å². The van der Waals surface area contributed by atoms with E-state index in [1.807, 2.05) is 0 Å². The molecule has 0 radical (unpaired) electrons. The van der Waals surface area contributed by atoms with Gasteiger partial charge >= 0.3 is 0 Å². The lowest BCUT2D eigenvalue weighted by Crippen LogP contribution is -1.96. The molecule has 132 valence electrons. The first-order chi connectivity index (χ1) is 11.2. The molecular weight excluding hydrogens is 304 g/mol. The van der Waals surface area contributed by atoms with E-state index >= 15 is 0 Å². The lowest BCUT2D eigenvalue weighted by atomic mass is 9.96. The summed E-state index contributed by atoms with van der Waals surface area (Å²) >= 11 is 6.05. The summed E-state index contributed by atoms with van der Waals surface area (Å²) in [5, 5.41) is 10.6. The molecule has 1 aromatic carbocycles. The first-order valence-corrected chi connectivity index (χ1v) is 10.2. The maximum Gasteiger partial charge on any atom is 0.121 e. The highest BCUT2D eigenvalue weighted by molar-refractivity contribution is 6.17. The first-order valence-electron chi connectivity index (χ1n) is 9.62. The largest absolute Gasteiger partial charge is 0.507 e. The highest BCUT2D eigenvalue weighted by atomic mass is 35.5. The second-order valence-corrected chi connectivity index (χ2v) is 6.99. The predicted octanol–water partition coefficient (Wildman–Crippen LogP) is 7.16. The molecule has 0 aliphatic rings. The monoisotopic (exact) mass is 338 g/mol. The van der Waals surface area contributed by atoms with Crippen LogP contribution in [0, 0.1) is 0 Å². The summed E-state index contributed by atoms with van der Waals surface area (Å²) in [5.74, 6) is 1.07. The van der Waals surface area contributed by atoms with Crippen molar-refractivity contribution in [2.45, 2.75) is 96.8 Å². The Balaban J connectivity index is 2.57. The van der Waals surface area contributed by atoms with E-state index in [9.17, 15) is 5.11 Å². The van der Waals surface area contributed by atoms with Crippen LogP contribution in [-0.4, -0.2) is 5.11 Å². The summed E-state index contributed by atoms with van der Waals surface area (Å²) in [4.78, 5) is 0. The van der Waals surface area contributed by atoms with Crippen LogP contribution in [0.25, 0.3) is 0 Å². The molecule has 0 saturated heterocycles. The highest BCUT2D eigenvalue weighted by Crippen LogP contribution is 2.29. The van der Waals surface area contributed by atoms with Crippen molar-refractivity contribution in [3.63, 3.8) is 0 Å². The Morgan fingerprint density at radius 3 is 1.57 bits per heavy atom. The lowest BCUT2D eigenvalue weighted by Gasteiger charge is -2.12. The molecule has 23 heavy (non-hydrogen) atoms. The van der Waals surface area contributed by atoms with Crippen LogP contribution in [0.4, 0.5) is 0 Å². The molecular formula is C21H35ClO. The molecule has 0 amide bonds. The molecule has 0 heterocycles. The summed E-state index contributed by atoms with van der Waals surface area (Å²) in [6.07, 6.45) is 14.6. The van der Waals surface area contributed by atoms with Crippen molar-refractivity contribution in [1.82, 2.24) is 0 Å². The number of hydrogen-bond donors (Lipinski definition) is 1. The lowest BCUT2D eigenvalue weighted by molar-refractivity contribution is 0.456. The molecule has 0 unspecified atom stereocenters. The molecule has 0 aliphatic heterocycles. The predicted molar refractivity (Wildman–Crippen MR) is 103 cm³/mol. The molecule has 0 spiro atoms. The average Bonchev–Trinajstić information content (AvgIpc) is 2.57. The average molecular weight is 339 g/mol. The summed E-state index contributed by atoms with van der Waals surface area (Å²) in [7, 11) is 0. The fourth-order valence-corrected chi connectivity index (χ4v) is 3.28. The van der Waals surface area contributed by atoms with E-state index < -0.39 is 0 Å². The summed E-state index contributed by atoms with van der Waals surface area (Å²) in [6, 6.07) is 4.20. The van der Waals surface area contributed by atoms with Gasteiger partial charge in [0.2, 0.25) is 0 Å². The molecule has 0 bridgehead atoms. The van der Waals surface area contributed by atoms with Crippen LogP contribution in [0.3, 0.4) is 0 Å². The van der Waals surface area contributed by atoms with Gasteiger partial charge in [0.05, 0.1) is 0 Å². The molecule has 0 aliphatic carbocycles. The van der Waals surface area contributed by atoms with Gasteiger partial charge in [-0.15, -0.1) is 11.6 Å². The molecule has 1 N–H and O–H groups in total. The van der Waals surface area contributed by atoms with Gasteiger partial charge in [-0.1, -0.05) is 77.3 Å². The van der Waals surface area contributed by atoms with Crippen LogP contribution in [0.1, 0.15) is 94.7 Å². The zero-order chi connectivity index (χ0) is 16.9. The third kappa shape index (κ3) is 8.11. The van der Waals surface area contributed by atoms with Crippen molar-refractivity contribution in [1.29, 1.82) is 0 Å². The van der Waals surface area contributed by atoms with E-state index in [0.29, 0.717) is 11.6 Å². The number of rotatable bonds is 13. The van der Waals surface area contributed by atoms with E-state index in [1.54, 1.807) is 0 Å². The SMILES string of the molecule is CCCCCCCc1cc(CCl)cc(CCCCCCC)c1O. The quantitative estimate of drug-likeness (QED) is 0.299. The van der Waals surface area contributed by atoms with Gasteiger partial charge in [-0.25, -0.2) is 0 Å². The third-order valence-corrected chi connectivity index (χ3v) is 4.89. The van der Waals surface area contributed by atoms with E-state index in [-0.39, 0.29) is 0 Å². The van der Waals surface area contributed by atoms with E-state index in [4.69, 9.17) is 11.6 Å². The Morgan fingerprint density at radius 2 is 1.17 bits per heavy atom. The molecule has 0 atom stereocenters. The molecule has 1 nitrogen and oxygen atoms in total. The third-order valence-electron chi connectivity index (χ3n) is 4.58. The van der Waals surface area contributed by atoms with E-state index in [0.717, 1.165) is 42.4 Å². The molecule has 0 fully saturated rings. The molecule has 0 aromatic heterocycles. The highest BCUT2D eigenvalue weighted by Gasteiger charge is 2.10. The number of aryl methyl sites for hydroxylation is 2. The maximum absolute atomic E-state index is 10.6. The van der Waals surface area contributed by atoms with Gasteiger partial charge in [0.15, 0.2) is 0 Å². The number of phenolic OH excluding ortho intramolecular Hbond substituents is 1. The molecule has 1 rings (SSSR count). The van der Waals surface area contributed by atoms with Crippen molar-refractivity contribution in [2.24, 2.45) is 0 Å². The minimum Gasteiger partial charge on any atom is -0.507 e. The maximum atomic E-state index is 10.6. The summed E-state index contributed by atoms with van der Waals surface area (Å²) in [6.45, 7) is 4.48. The standard InChI is InChI=1S/C21H35ClO/c1-3-5-7-9-11-13-19-15-18(17-22)16-20(21(19)23)14-12-10-8-6-4-2/h15-16,23H,3-14,17H2,1-2H3. The van der Waals surface area contributed by atoms with Crippen LogP contribution in [0.5, 0.6) is 5.75 Å². The van der Waals surface area contributed by atoms with Crippen molar-refractivity contribution < 1.29 is 5.11 Å². The second-order valence-electron chi connectivity index (χ2n) is 6.72. The fraction of sp³-hybridized carbons (Fsp3) is 0.714. The second kappa shape index (κ2) is 12.7. The van der Waals surface area contributed by atoms with Gasteiger partial charge in [-0.2, -0.15) is 0 Å². The number of aromatic hydroxyl groups is 1. The Kier molecular flexibility index (Phi) is 11.2. The van der Waals surface area contributed by atoms with Crippen LogP contribution in [0.2, 0.25) is 0 Å². The fourth-order valence-electron chi connectivity index (χ4n) is 3.13.